The van der Waals surface area contributed by atoms with Crippen LogP contribution < -0.4 is 5.32 Å². The van der Waals surface area contributed by atoms with Gasteiger partial charge in [0.2, 0.25) is 0 Å². The van der Waals surface area contributed by atoms with E-state index >= 15 is 0 Å². The summed E-state index contributed by atoms with van der Waals surface area (Å²) in [7, 11) is 0. The van der Waals surface area contributed by atoms with Crippen LogP contribution in [0, 0.1) is 0 Å². The number of hydrogen-bond donors (Lipinski definition) is 1. The van der Waals surface area contributed by atoms with Gasteiger partial charge in [-0.2, -0.15) is 0 Å². The molecule has 1 aromatic heterocycles. The van der Waals surface area contributed by atoms with Crippen molar-refractivity contribution in [3.05, 3.63) is 54.6 Å². The topological polar surface area (TPSA) is 24.9 Å². The van der Waals surface area contributed by atoms with Gasteiger partial charge in [0.25, 0.3) is 0 Å². The van der Waals surface area contributed by atoms with Crippen LogP contribution in [0.5, 0.6) is 0 Å². The van der Waals surface area contributed by atoms with Crippen molar-refractivity contribution < 1.29 is 0 Å². The average molecular weight is 272 g/mol. The predicted octanol–water partition coefficient (Wildman–Crippen LogP) is 4.46. The van der Waals surface area contributed by atoms with Crippen LogP contribution in [0.4, 0.5) is 5.69 Å². The largest absolute Gasteiger partial charge is 0.376 e. The van der Waals surface area contributed by atoms with Gasteiger partial charge in [-0.05, 0) is 24.3 Å². The van der Waals surface area contributed by atoms with Gasteiger partial charge in [-0.3, -0.25) is 0 Å². The number of para-hydroxylation sites is 2. The molecular formula is C14H12N2S2. The third kappa shape index (κ3) is 2.66. The summed E-state index contributed by atoms with van der Waals surface area (Å²) in [6, 6.07) is 18.5. The van der Waals surface area contributed by atoms with E-state index in [1.807, 2.05) is 24.3 Å². The number of fused-ring (bicyclic) bond motifs is 1. The number of nitrogens with one attached hydrogen (secondary N) is 1. The summed E-state index contributed by atoms with van der Waals surface area (Å²) in [5.41, 5.74) is 2.23. The molecule has 3 rings (SSSR count). The highest BCUT2D eigenvalue weighted by Crippen LogP contribution is 2.29. The monoisotopic (exact) mass is 272 g/mol. The molecule has 0 spiro atoms. The van der Waals surface area contributed by atoms with Gasteiger partial charge in [0, 0.05) is 5.69 Å². The lowest BCUT2D eigenvalue weighted by molar-refractivity contribution is 1.30. The van der Waals surface area contributed by atoms with E-state index in [1.54, 1.807) is 23.1 Å². The highest BCUT2D eigenvalue weighted by Gasteiger charge is 2.02. The number of benzene rings is 2. The maximum atomic E-state index is 4.59. The van der Waals surface area contributed by atoms with E-state index in [-0.39, 0.29) is 0 Å². The molecule has 2 nitrogen and oxygen atoms in total. The Balaban J connectivity index is 1.63. The van der Waals surface area contributed by atoms with Crippen LogP contribution in [0.15, 0.2) is 58.9 Å². The summed E-state index contributed by atoms with van der Waals surface area (Å²) in [6.45, 7) is 0. The Hall–Kier alpha value is -1.52. The fourth-order valence-electron chi connectivity index (χ4n) is 1.65. The lowest BCUT2D eigenvalue weighted by Gasteiger charge is -2.03. The normalized spacial score (nSPS) is 10.7. The van der Waals surface area contributed by atoms with Crippen LogP contribution >= 0.6 is 23.1 Å². The standard InChI is InChI=1S/C14H12N2S2/c1-2-6-11(7-3-1)15-10-17-14-16-12-8-4-5-9-13(12)18-14/h1-9,15H,10H2. The molecule has 0 aliphatic carbocycles. The molecule has 2 aromatic carbocycles. The van der Waals surface area contributed by atoms with Crippen molar-refractivity contribution >= 4 is 39.0 Å². The molecule has 0 saturated heterocycles. The minimum Gasteiger partial charge on any atom is -0.376 e. The number of nitrogens with zero attached hydrogens (tertiary/aromatic N) is 1. The smallest absolute Gasteiger partial charge is 0.152 e. The Morgan fingerprint density at radius 2 is 1.78 bits per heavy atom. The number of thioether (sulfide) groups is 1. The van der Waals surface area contributed by atoms with Gasteiger partial charge in [0.15, 0.2) is 4.34 Å². The Morgan fingerprint density at radius 3 is 2.61 bits per heavy atom. The molecule has 0 aliphatic rings. The molecule has 1 N–H and O–H groups in total. The molecule has 4 heteroatoms. The number of anilines is 1. The van der Waals surface area contributed by atoms with Crippen LogP contribution in [0.1, 0.15) is 0 Å². The molecule has 0 unspecified atom stereocenters. The minimum absolute atomic E-state index is 0.837. The lowest BCUT2D eigenvalue weighted by atomic mass is 10.3. The first-order chi connectivity index (χ1) is 8.92. The third-order valence-electron chi connectivity index (χ3n) is 2.52. The summed E-state index contributed by atoms with van der Waals surface area (Å²) in [5.74, 6) is 0.837. The summed E-state index contributed by atoms with van der Waals surface area (Å²) in [4.78, 5) is 4.59. The average Bonchev–Trinajstić information content (AvgIpc) is 2.82. The SMILES string of the molecule is c1ccc(NCSc2nc3ccccc3s2)cc1. The van der Waals surface area contributed by atoms with E-state index in [0.717, 1.165) is 21.4 Å². The van der Waals surface area contributed by atoms with Crippen molar-refractivity contribution in [2.24, 2.45) is 0 Å². The molecule has 0 saturated carbocycles. The summed E-state index contributed by atoms with van der Waals surface area (Å²) in [6.07, 6.45) is 0. The quantitative estimate of drug-likeness (QED) is 0.561. The van der Waals surface area contributed by atoms with E-state index in [1.165, 1.54) is 4.70 Å². The Bertz CT molecular complexity index is 601. The van der Waals surface area contributed by atoms with Gasteiger partial charge in [0.05, 0.1) is 16.1 Å². The van der Waals surface area contributed by atoms with Crippen LogP contribution in [0.25, 0.3) is 10.2 Å². The van der Waals surface area contributed by atoms with Gasteiger partial charge in [-0.1, -0.05) is 42.1 Å². The Kier molecular flexibility index (Phi) is 3.48. The molecule has 0 amide bonds. The van der Waals surface area contributed by atoms with Crippen molar-refractivity contribution in [1.82, 2.24) is 4.98 Å². The molecule has 0 bridgehead atoms. The van der Waals surface area contributed by atoms with Gasteiger partial charge >= 0.3 is 0 Å². The molecule has 0 fully saturated rings. The van der Waals surface area contributed by atoms with Gasteiger partial charge < -0.3 is 5.32 Å². The number of thiazole rings is 1. The molecule has 0 radical (unpaired) electrons. The van der Waals surface area contributed by atoms with Crippen molar-refractivity contribution in [1.29, 1.82) is 0 Å². The summed E-state index contributed by atoms with van der Waals surface area (Å²) < 4.78 is 2.36. The first kappa shape index (κ1) is 11.6. The fraction of sp³-hybridized carbons (Fsp3) is 0.0714. The minimum atomic E-state index is 0.837. The summed E-state index contributed by atoms with van der Waals surface area (Å²) >= 11 is 3.48. The van der Waals surface area contributed by atoms with Crippen molar-refractivity contribution in [2.75, 3.05) is 11.2 Å². The number of aromatic nitrogens is 1. The summed E-state index contributed by atoms with van der Waals surface area (Å²) in [5, 5.41) is 3.37. The van der Waals surface area contributed by atoms with Crippen molar-refractivity contribution in [3.63, 3.8) is 0 Å². The Morgan fingerprint density at radius 1 is 1.00 bits per heavy atom. The maximum Gasteiger partial charge on any atom is 0.152 e. The van der Waals surface area contributed by atoms with E-state index in [2.05, 4.69) is 40.6 Å². The first-order valence-electron chi connectivity index (χ1n) is 5.69. The first-order valence-corrected chi connectivity index (χ1v) is 7.49. The van der Waals surface area contributed by atoms with Crippen LogP contribution in [-0.4, -0.2) is 10.9 Å². The highest BCUT2D eigenvalue weighted by atomic mass is 32.2. The van der Waals surface area contributed by atoms with Crippen molar-refractivity contribution in [3.8, 4) is 0 Å². The zero-order chi connectivity index (χ0) is 12.2. The van der Waals surface area contributed by atoms with E-state index in [9.17, 15) is 0 Å². The molecule has 18 heavy (non-hydrogen) atoms. The lowest BCUT2D eigenvalue weighted by Crippen LogP contribution is -1.96. The molecule has 90 valence electrons. The molecule has 0 aliphatic heterocycles. The van der Waals surface area contributed by atoms with E-state index in [4.69, 9.17) is 0 Å². The second-order valence-electron chi connectivity index (χ2n) is 3.78. The third-order valence-corrected chi connectivity index (χ3v) is 4.58. The predicted molar refractivity (Wildman–Crippen MR) is 80.4 cm³/mol. The zero-order valence-corrected chi connectivity index (χ0v) is 11.3. The van der Waals surface area contributed by atoms with E-state index < -0.39 is 0 Å². The number of hydrogen-bond acceptors (Lipinski definition) is 4. The number of rotatable bonds is 4. The van der Waals surface area contributed by atoms with Crippen LogP contribution in [0.2, 0.25) is 0 Å². The molecule has 1 heterocycles. The van der Waals surface area contributed by atoms with Gasteiger partial charge in [0.1, 0.15) is 0 Å². The van der Waals surface area contributed by atoms with E-state index in [0.29, 0.717) is 0 Å². The molecular weight excluding hydrogens is 260 g/mol. The van der Waals surface area contributed by atoms with Crippen LogP contribution in [0.3, 0.4) is 0 Å². The second kappa shape index (κ2) is 5.42. The van der Waals surface area contributed by atoms with Crippen LogP contribution in [-0.2, 0) is 0 Å². The van der Waals surface area contributed by atoms with Gasteiger partial charge in [-0.25, -0.2) is 4.98 Å². The van der Waals surface area contributed by atoms with Gasteiger partial charge in [-0.15, -0.1) is 11.3 Å². The zero-order valence-electron chi connectivity index (χ0n) is 9.67. The molecule has 3 aromatic rings. The Labute approximate surface area is 114 Å². The van der Waals surface area contributed by atoms with Crippen molar-refractivity contribution in [2.45, 2.75) is 4.34 Å². The highest BCUT2D eigenvalue weighted by molar-refractivity contribution is 8.01. The maximum absolute atomic E-state index is 4.59. The fourth-order valence-corrected chi connectivity index (χ4v) is 3.55. The molecule has 0 atom stereocenters. The second-order valence-corrected chi connectivity index (χ2v) is 6.03.